The Kier molecular flexibility index (Phi) is 1.72. The van der Waals surface area contributed by atoms with Crippen LogP contribution in [0.2, 0.25) is 0 Å². The van der Waals surface area contributed by atoms with Crippen molar-refractivity contribution in [3.8, 4) is 0 Å². The van der Waals surface area contributed by atoms with Crippen molar-refractivity contribution in [2.45, 2.75) is 12.5 Å². The molecule has 2 rings (SSSR count). The maximum atomic E-state index is 11.4. The molecule has 4 heteroatoms. The number of nitrogens with two attached hydrogens (primary N) is 1. The molecule has 0 saturated heterocycles. The van der Waals surface area contributed by atoms with E-state index in [-0.39, 0.29) is 5.91 Å². The highest BCUT2D eigenvalue weighted by Crippen LogP contribution is 2.35. The fourth-order valence-electron chi connectivity index (χ4n) is 1.45. The highest BCUT2D eigenvalue weighted by Gasteiger charge is 2.38. The molecule has 13 heavy (non-hydrogen) atoms. The van der Waals surface area contributed by atoms with Crippen LogP contribution in [0.15, 0.2) is 22.7 Å². The van der Waals surface area contributed by atoms with Crippen molar-refractivity contribution in [2.24, 2.45) is 5.73 Å². The Hall–Kier alpha value is -0.870. The molecule has 0 fully saturated rings. The van der Waals surface area contributed by atoms with E-state index in [2.05, 4.69) is 21.2 Å². The molecule has 1 aromatic rings. The summed E-state index contributed by atoms with van der Waals surface area (Å²) in [5, 5.41) is 2.73. The topological polar surface area (TPSA) is 55.1 Å². The Morgan fingerprint density at radius 2 is 2.23 bits per heavy atom. The number of fused-ring (bicyclic) bond motifs is 1. The number of halogens is 1. The van der Waals surface area contributed by atoms with Crippen LogP contribution in [-0.4, -0.2) is 5.91 Å². The molecule has 0 unspecified atom stereocenters. The van der Waals surface area contributed by atoms with E-state index in [0.717, 1.165) is 15.7 Å². The van der Waals surface area contributed by atoms with Crippen LogP contribution in [0.3, 0.4) is 0 Å². The van der Waals surface area contributed by atoms with Crippen LogP contribution in [0.5, 0.6) is 0 Å². The minimum absolute atomic E-state index is 0.152. The number of hydrogen-bond donors (Lipinski definition) is 2. The summed E-state index contributed by atoms with van der Waals surface area (Å²) < 4.78 is 0.934. The van der Waals surface area contributed by atoms with Crippen molar-refractivity contribution in [1.82, 2.24) is 0 Å². The molecule has 0 radical (unpaired) electrons. The van der Waals surface area contributed by atoms with Gasteiger partial charge in [-0.3, -0.25) is 4.79 Å². The van der Waals surface area contributed by atoms with E-state index in [1.807, 2.05) is 18.2 Å². The highest BCUT2D eigenvalue weighted by molar-refractivity contribution is 9.10. The molecular formula is C9H9BrN2O. The lowest BCUT2D eigenvalue weighted by atomic mass is 9.95. The third-order valence-electron chi connectivity index (χ3n) is 2.26. The van der Waals surface area contributed by atoms with Crippen LogP contribution in [0.4, 0.5) is 5.69 Å². The number of carbonyl (C=O) groups excluding carboxylic acids is 1. The average Bonchev–Trinajstić information content (AvgIpc) is 2.23. The second-order valence-electron chi connectivity index (χ2n) is 3.35. The first kappa shape index (κ1) is 8.72. The second kappa shape index (κ2) is 2.56. The first-order chi connectivity index (χ1) is 6.01. The van der Waals surface area contributed by atoms with Crippen LogP contribution >= 0.6 is 15.9 Å². The van der Waals surface area contributed by atoms with Gasteiger partial charge in [0.15, 0.2) is 0 Å². The molecule has 1 heterocycles. The van der Waals surface area contributed by atoms with Crippen LogP contribution in [0, 0.1) is 0 Å². The molecule has 0 aromatic heterocycles. The van der Waals surface area contributed by atoms with E-state index in [4.69, 9.17) is 5.73 Å². The third-order valence-corrected chi connectivity index (χ3v) is 2.75. The molecule has 1 amide bonds. The van der Waals surface area contributed by atoms with Crippen LogP contribution in [-0.2, 0) is 10.3 Å². The molecule has 3 N–H and O–H groups in total. The molecule has 1 atom stereocenters. The zero-order valence-corrected chi connectivity index (χ0v) is 8.68. The summed E-state index contributed by atoms with van der Waals surface area (Å²) in [6.45, 7) is 1.71. The van der Waals surface area contributed by atoms with Gasteiger partial charge in [-0.15, -0.1) is 0 Å². The van der Waals surface area contributed by atoms with Gasteiger partial charge in [-0.2, -0.15) is 0 Å². The minimum atomic E-state index is -0.893. The van der Waals surface area contributed by atoms with Gasteiger partial charge in [-0.1, -0.05) is 22.0 Å². The minimum Gasteiger partial charge on any atom is -0.324 e. The largest absolute Gasteiger partial charge is 0.324 e. The Labute approximate surface area is 84.4 Å². The van der Waals surface area contributed by atoms with E-state index in [1.165, 1.54) is 0 Å². The second-order valence-corrected chi connectivity index (χ2v) is 4.26. The van der Waals surface area contributed by atoms with Crippen molar-refractivity contribution in [3.63, 3.8) is 0 Å². The Morgan fingerprint density at radius 1 is 1.54 bits per heavy atom. The first-order valence-corrected chi connectivity index (χ1v) is 4.71. The lowest BCUT2D eigenvalue weighted by Crippen LogP contribution is -2.40. The Bertz CT molecular complexity index is 387. The van der Waals surface area contributed by atoms with Crippen LogP contribution in [0.25, 0.3) is 0 Å². The molecular weight excluding hydrogens is 232 g/mol. The van der Waals surface area contributed by atoms with Gasteiger partial charge in [0, 0.05) is 15.7 Å². The van der Waals surface area contributed by atoms with Gasteiger partial charge in [0.25, 0.3) is 0 Å². The van der Waals surface area contributed by atoms with Crippen molar-refractivity contribution >= 4 is 27.5 Å². The van der Waals surface area contributed by atoms with Crippen molar-refractivity contribution in [3.05, 3.63) is 28.2 Å². The SMILES string of the molecule is C[C@@]1(N)C(=O)Nc2cc(Br)ccc21. The van der Waals surface area contributed by atoms with Crippen LogP contribution in [0.1, 0.15) is 12.5 Å². The Balaban J connectivity index is 2.62. The van der Waals surface area contributed by atoms with Gasteiger partial charge in [0.2, 0.25) is 5.91 Å². The maximum absolute atomic E-state index is 11.4. The molecule has 1 aromatic carbocycles. The average molecular weight is 241 g/mol. The summed E-state index contributed by atoms with van der Waals surface area (Å²) in [7, 11) is 0. The zero-order chi connectivity index (χ0) is 9.64. The molecule has 1 aliphatic heterocycles. The first-order valence-electron chi connectivity index (χ1n) is 3.92. The van der Waals surface area contributed by atoms with Crippen molar-refractivity contribution in [1.29, 1.82) is 0 Å². The molecule has 68 valence electrons. The van der Waals surface area contributed by atoms with E-state index in [1.54, 1.807) is 6.92 Å². The summed E-state index contributed by atoms with van der Waals surface area (Å²) in [5.74, 6) is -0.152. The van der Waals surface area contributed by atoms with E-state index in [0.29, 0.717) is 0 Å². The lowest BCUT2D eigenvalue weighted by molar-refractivity contribution is -0.120. The molecule has 3 nitrogen and oxygen atoms in total. The standard InChI is InChI=1S/C9H9BrN2O/c1-9(11)6-3-2-5(10)4-7(6)12-8(9)13/h2-4H,11H2,1H3,(H,12,13)/t9-/m0/s1. The predicted molar refractivity (Wildman–Crippen MR) is 54.3 cm³/mol. The molecule has 0 aliphatic carbocycles. The summed E-state index contributed by atoms with van der Waals surface area (Å²) in [6.07, 6.45) is 0. The number of hydrogen-bond acceptors (Lipinski definition) is 2. The fourth-order valence-corrected chi connectivity index (χ4v) is 1.81. The Morgan fingerprint density at radius 3 is 2.92 bits per heavy atom. The predicted octanol–water partition coefficient (Wildman–Crippen LogP) is 1.58. The molecule has 1 aliphatic rings. The number of anilines is 1. The van der Waals surface area contributed by atoms with Gasteiger partial charge in [-0.05, 0) is 19.1 Å². The maximum Gasteiger partial charge on any atom is 0.248 e. The fraction of sp³-hybridized carbons (Fsp3) is 0.222. The van der Waals surface area contributed by atoms with E-state index in [9.17, 15) is 4.79 Å². The number of carbonyl (C=O) groups is 1. The van der Waals surface area contributed by atoms with Gasteiger partial charge >= 0.3 is 0 Å². The van der Waals surface area contributed by atoms with Gasteiger partial charge in [0.05, 0.1) is 0 Å². The number of amides is 1. The van der Waals surface area contributed by atoms with Gasteiger partial charge in [-0.25, -0.2) is 0 Å². The van der Waals surface area contributed by atoms with Gasteiger partial charge in [0.1, 0.15) is 5.54 Å². The van der Waals surface area contributed by atoms with E-state index < -0.39 is 5.54 Å². The lowest BCUT2D eigenvalue weighted by Gasteiger charge is -2.14. The van der Waals surface area contributed by atoms with Gasteiger partial charge < -0.3 is 11.1 Å². The molecule has 0 saturated carbocycles. The quantitative estimate of drug-likeness (QED) is 0.724. The summed E-state index contributed by atoms with van der Waals surface area (Å²) in [6, 6.07) is 5.59. The smallest absolute Gasteiger partial charge is 0.248 e. The zero-order valence-electron chi connectivity index (χ0n) is 7.10. The third kappa shape index (κ3) is 1.17. The molecule has 0 spiro atoms. The number of rotatable bonds is 0. The summed E-state index contributed by atoms with van der Waals surface area (Å²) in [4.78, 5) is 11.4. The number of benzene rings is 1. The van der Waals surface area contributed by atoms with E-state index >= 15 is 0 Å². The summed E-state index contributed by atoms with van der Waals surface area (Å²) >= 11 is 3.33. The number of nitrogens with one attached hydrogen (secondary N) is 1. The molecule has 0 bridgehead atoms. The highest BCUT2D eigenvalue weighted by atomic mass is 79.9. The van der Waals surface area contributed by atoms with Crippen molar-refractivity contribution < 1.29 is 4.79 Å². The van der Waals surface area contributed by atoms with Crippen LogP contribution < -0.4 is 11.1 Å². The van der Waals surface area contributed by atoms with Crippen molar-refractivity contribution in [2.75, 3.05) is 5.32 Å². The normalized spacial score (nSPS) is 25.6. The summed E-state index contributed by atoms with van der Waals surface area (Å²) in [5.41, 5.74) is 6.61. The monoisotopic (exact) mass is 240 g/mol.